The van der Waals surface area contributed by atoms with Gasteiger partial charge in [0.05, 0.1) is 38.5 Å². The lowest BCUT2D eigenvalue weighted by Gasteiger charge is -2.35. The van der Waals surface area contributed by atoms with Gasteiger partial charge in [-0.25, -0.2) is 4.79 Å². The highest BCUT2D eigenvalue weighted by Crippen LogP contribution is 2.38. The van der Waals surface area contributed by atoms with E-state index in [1.54, 1.807) is 0 Å². The molecule has 0 aromatic carbocycles. The molecule has 0 radical (unpaired) electrons. The molecule has 144 valence electrons. The van der Waals surface area contributed by atoms with Crippen LogP contribution in [0.25, 0.3) is 0 Å². The molecule has 0 aromatic heterocycles. The van der Waals surface area contributed by atoms with Crippen LogP contribution in [0.1, 0.15) is 40.0 Å². The Hall–Kier alpha value is -1.51. The van der Waals surface area contributed by atoms with Crippen LogP contribution in [0, 0.1) is 5.92 Å². The molecule has 8 heteroatoms. The highest BCUT2D eigenvalue weighted by Gasteiger charge is 2.51. The molecule has 4 aliphatic heterocycles. The number of nitrogens with zero attached hydrogens (tertiary/aromatic N) is 2. The number of hydrogen-bond acceptors (Lipinski definition) is 6. The van der Waals surface area contributed by atoms with Crippen LogP contribution in [-0.2, 0) is 23.8 Å². The Bertz CT molecular complexity index is 650. The van der Waals surface area contributed by atoms with Crippen molar-refractivity contribution in [1.82, 2.24) is 9.80 Å². The van der Waals surface area contributed by atoms with E-state index >= 15 is 0 Å². The van der Waals surface area contributed by atoms with E-state index in [0.717, 1.165) is 0 Å². The van der Waals surface area contributed by atoms with Gasteiger partial charge < -0.3 is 14.2 Å². The minimum atomic E-state index is -0.556. The van der Waals surface area contributed by atoms with Crippen molar-refractivity contribution in [3.05, 3.63) is 0 Å². The maximum Gasteiger partial charge on any atom is 0.333 e. The molecular formula is C18H26N2O6. The van der Waals surface area contributed by atoms with Gasteiger partial charge in [-0.15, -0.1) is 0 Å². The second kappa shape index (κ2) is 5.74. The molecule has 26 heavy (non-hydrogen) atoms. The summed E-state index contributed by atoms with van der Waals surface area (Å²) >= 11 is 0. The lowest BCUT2D eigenvalue weighted by atomic mass is 9.89. The van der Waals surface area contributed by atoms with Gasteiger partial charge in [0.25, 0.3) is 0 Å². The number of epoxide rings is 3. The number of rotatable bonds is 6. The first-order valence-electron chi connectivity index (χ1n) is 9.20. The average molecular weight is 366 g/mol. The van der Waals surface area contributed by atoms with Gasteiger partial charge in [-0.3, -0.25) is 19.4 Å². The maximum atomic E-state index is 13.2. The molecule has 0 N–H and O–H groups in total. The van der Waals surface area contributed by atoms with Gasteiger partial charge in [-0.05, 0) is 33.6 Å². The summed E-state index contributed by atoms with van der Waals surface area (Å²) in [4.78, 5) is 41.4. The number of carbonyl (C=O) groups is 3. The fourth-order valence-corrected chi connectivity index (χ4v) is 3.47. The van der Waals surface area contributed by atoms with Gasteiger partial charge in [-0.1, -0.05) is 0 Å². The van der Waals surface area contributed by atoms with Gasteiger partial charge in [0.1, 0.15) is 11.2 Å². The lowest BCUT2D eigenvalue weighted by molar-refractivity contribution is -0.139. The summed E-state index contributed by atoms with van der Waals surface area (Å²) < 4.78 is 16.2. The molecule has 0 aliphatic carbocycles. The van der Waals surface area contributed by atoms with Crippen LogP contribution in [0.4, 0.5) is 4.79 Å². The van der Waals surface area contributed by atoms with E-state index in [1.807, 2.05) is 20.8 Å². The Balaban J connectivity index is 1.57. The third-order valence-corrected chi connectivity index (χ3v) is 5.66. The molecule has 0 saturated carbocycles. The van der Waals surface area contributed by atoms with Crippen molar-refractivity contribution in [3.63, 3.8) is 0 Å². The molecule has 4 rings (SSSR count). The Labute approximate surface area is 152 Å². The van der Waals surface area contributed by atoms with E-state index in [1.165, 1.54) is 9.80 Å². The van der Waals surface area contributed by atoms with Crippen LogP contribution in [-0.4, -0.2) is 77.4 Å². The highest BCUT2D eigenvalue weighted by atomic mass is 16.6. The van der Waals surface area contributed by atoms with E-state index in [9.17, 15) is 14.4 Å². The van der Waals surface area contributed by atoms with Gasteiger partial charge >= 0.3 is 6.03 Å². The van der Waals surface area contributed by atoms with E-state index in [2.05, 4.69) is 0 Å². The molecule has 8 nitrogen and oxygen atoms in total. The van der Waals surface area contributed by atoms with Gasteiger partial charge in [0.15, 0.2) is 0 Å². The summed E-state index contributed by atoms with van der Waals surface area (Å²) in [5.41, 5.74) is -1.32. The van der Waals surface area contributed by atoms with E-state index in [0.29, 0.717) is 32.7 Å². The second-order valence-corrected chi connectivity index (χ2v) is 8.84. The molecule has 0 spiro atoms. The molecular weight excluding hydrogens is 340 g/mol. The Morgan fingerprint density at radius 1 is 0.885 bits per heavy atom. The summed E-state index contributed by atoms with van der Waals surface area (Å²) in [6.07, 6.45) is 1.13. The summed E-state index contributed by atoms with van der Waals surface area (Å²) in [5.74, 6) is -0.881. The molecule has 4 unspecified atom stereocenters. The van der Waals surface area contributed by atoms with Crippen molar-refractivity contribution in [3.8, 4) is 0 Å². The number of imide groups is 2. The molecule has 4 saturated heterocycles. The predicted molar refractivity (Wildman–Crippen MR) is 89.2 cm³/mol. The van der Waals surface area contributed by atoms with Crippen LogP contribution >= 0.6 is 0 Å². The van der Waals surface area contributed by atoms with Crippen LogP contribution in [0.5, 0.6) is 0 Å². The highest BCUT2D eigenvalue weighted by molar-refractivity contribution is 6.04. The average Bonchev–Trinajstić information content (AvgIpc) is 3.51. The minimum absolute atomic E-state index is 0.167. The normalized spacial score (nSPS) is 42.6. The van der Waals surface area contributed by atoms with Crippen LogP contribution in [0.3, 0.4) is 0 Å². The zero-order chi connectivity index (χ0) is 18.7. The standard InChI is InChI=1S/C18H26N2O6/c1-16(9-24-16)6-12-4-5-13(21)19(7-17(2)10-25-17)15(23)20(14(12)22)8-18(3)11-26-18/h12H,4-11H2,1-3H3. The summed E-state index contributed by atoms with van der Waals surface area (Å²) in [6, 6.07) is -0.556. The number of urea groups is 1. The lowest BCUT2D eigenvalue weighted by Crippen LogP contribution is -2.56. The van der Waals surface area contributed by atoms with Gasteiger partial charge in [0, 0.05) is 12.3 Å². The monoisotopic (exact) mass is 366 g/mol. The SMILES string of the molecule is CC1(CC2CCC(=O)N(CC3(C)CO3)C(=O)N(CC3(C)CO3)C2=O)CO1. The molecule has 4 heterocycles. The van der Waals surface area contributed by atoms with E-state index in [-0.39, 0.29) is 36.9 Å². The fourth-order valence-electron chi connectivity index (χ4n) is 3.47. The molecule has 4 amide bonds. The third kappa shape index (κ3) is 3.63. The molecule has 4 atom stereocenters. The predicted octanol–water partition coefficient (Wildman–Crippen LogP) is 0.930. The van der Waals surface area contributed by atoms with Crippen molar-refractivity contribution in [2.24, 2.45) is 5.92 Å². The summed E-state index contributed by atoms with van der Waals surface area (Å²) in [7, 11) is 0. The zero-order valence-corrected chi connectivity index (χ0v) is 15.6. The van der Waals surface area contributed by atoms with Crippen molar-refractivity contribution in [1.29, 1.82) is 0 Å². The largest absolute Gasteiger partial charge is 0.370 e. The first kappa shape index (κ1) is 17.9. The molecule has 4 fully saturated rings. The van der Waals surface area contributed by atoms with Gasteiger partial charge in [-0.2, -0.15) is 0 Å². The van der Waals surface area contributed by atoms with Crippen LogP contribution in [0.2, 0.25) is 0 Å². The number of ether oxygens (including phenoxy) is 3. The summed E-state index contributed by atoms with van der Waals surface area (Å²) in [5, 5.41) is 0. The smallest absolute Gasteiger partial charge is 0.333 e. The molecule has 4 aliphatic rings. The maximum absolute atomic E-state index is 13.2. The number of amides is 4. The quantitative estimate of drug-likeness (QED) is 0.649. The molecule has 0 bridgehead atoms. The van der Waals surface area contributed by atoms with Gasteiger partial charge in [0.2, 0.25) is 11.8 Å². The van der Waals surface area contributed by atoms with E-state index in [4.69, 9.17) is 14.2 Å². The number of hydrogen-bond donors (Lipinski definition) is 0. The third-order valence-electron chi connectivity index (χ3n) is 5.66. The Morgan fingerprint density at radius 2 is 1.38 bits per heavy atom. The summed E-state index contributed by atoms with van der Waals surface area (Å²) in [6.45, 7) is 7.65. The minimum Gasteiger partial charge on any atom is -0.370 e. The van der Waals surface area contributed by atoms with Crippen molar-refractivity contribution in [2.45, 2.75) is 56.8 Å². The Morgan fingerprint density at radius 3 is 1.88 bits per heavy atom. The topological polar surface area (TPSA) is 95.3 Å². The van der Waals surface area contributed by atoms with Crippen molar-refractivity contribution < 1.29 is 28.6 Å². The molecule has 0 aromatic rings. The van der Waals surface area contributed by atoms with Crippen LogP contribution in [0.15, 0.2) is 0 Å². The van der Waals surface area contributed by atoms with Crippen molar-refractivity contribution >= 4 is 17.8 Å². The van der Waals surface area contributed by atoms with Crippen molar-refractivity contribution in [2.75, 3.05) is 32.9 Å². The first-order chi connectivity index (χ1) is 12.1. The van der Waals surface area contributed by atoms with Crippen LogP contribution < -0.4 is 0 Å². The Kier molecular flexibility index (Phi) is 3.95. The second-order valence-electron chi connectivity index (χ2n) is 8.84. The number of carbonyl (C=O) groups excluding carboxylic acids is 3. The zero-order valence-electron chi connectivity index (χ0n) is 15.6. The van der Waals surface area contributed by atoms with E-state index < -0.39 is 23.2 Å². The fraction of sp³-hybridized carbons (Fsp3) is 0.833. The first-order valence-corrected chi connectivity index (χ1v) is 9.20.